The summed E-state index contributed by atoms with van der Waals surface area (Å²) in [7, 11) is 0. The molecule has 1 N–H and O–H groups in total. The number of nitrogens with one attached hydrogen (secondary N) is 1. The van der Waals surface area contributed by atoms with Crippen LogP contribution in [0.1, 0.15) is 24.8 Å². The van der Waals surface area contributed by atoms with Gasteiger partial charge in [-0.05, 0) is 66.7 Å². The summed E-state index contributed by atoms with van der Waals surface area (Å²) in [5, 5.41) is 4.61. The Labute approximate surface area is 124 Å². The average Bonchev–Trinajstić information content (AvgIpc) is 2.83. The summed E-state index contributed by atoms with van der Waals surface area (Å²) in [5.74, 6) is 5.13. The van der Waals surface area contributed by atoms with Crippen LogP contribution in [0.5, 0.6) is 5.75 Å². The van der Waals surface area contributed by atoms with E-state index in [0.29, 0.717) is 6.10 Å². The molecule has 1 aromatic rings. The molecule has 1 heterocycles. The van der Waals surface area contributed by atoms with Crippen LogP contribution in [0.3, 0.4) is 0 Å². The lowest BCUT2D eigenvalue weighted by Gasteiger charge is -2.14. The molecule has 0 saturated heterocycles. The lowest BCUT2D eigenvalue weighted by molar-refractivity contribution is 0.223. The largest absolute Gasteiger partial charge is 0.488 e. The van der Waals surface area contributed by atoms with Gasteiger partial charge in [-0.15, -0.1) is 0 Å². The van der Waals surface area contributed by atoms with Gasteiger partial charge in [0.25, 0.3) is 0 Å². The highest BCUT2D eigenvalue weighted by molar-refractivity contribution is 6.30. The molecule has 5 unspecified atom stereocenters. The molecule has 3 fully saturated rings. The lowest BCUT2D eigenvalue weighted by atomic mass is 10.0. The van der Waals surface area contributed by atoms with E-state index >= 15 is 0 Å². The maximum Gasteiger partial charge on any atom is 0.123 e. The topological polar surface area (TPSA) is 21.3 Å². The van der Waals surface area contributed by atoms with Crippen molar-refractivity contribution in [1.29, 1.82) is 0 Å². The van der Waals surface area contributed by atoms with Gasteiger partial charge in [0.15, 0.2) is 0 Å². The molecule has 3 aliphatic carbocycles. The molecule has 0 radical (unpaired) electrons. The third-order valence-corrected chi connectivity index (χ3v) is 6.32. The van der Waals surface area contributed by atoms with E-state index in [4.69, 9.17) is 16.3 Å². The number of benzene rings is 1. The number of rotatable bonds is 3. The second-order valence-electron chi connectivity index (χ2n) is 7.12. The van der Waals surface area contributed by atoms with Crippen LogP contribution in [0.2, 0.25) is 5.02 Å². The van der Waals surface area contributed by atoms with E-state index < -0.39 is 0 Å². The first-order chi connectivity index (χ1) is 9.79. The number of halogens is 1. The van der Waals surface area contributed by atoms with E-state index in [1.54, 1.807) is 0 Å². The van der Waals surface area contributed by atoms with Crippen LogP contribution in [-0.2, 0) is 6.42 Å². The van der Waals surface area contributed by atoms with Gasteiger partial charge in [0.2, 0.25) is 0 Å². The minimum atomic E-state index is 0.294. The summed E-state index contributed by atoms with van der Waals surface area (Å²) in [5.41, 5.74) is 1.26. The number of hydrogen-bond donors (Lipinski definition) is 1. The van der Waals surface area contributed by atoms with Crippen LogP contribution in [-0.4, -0.2) is 18.7 Å². The zero-order valence-corrected chi connectivity index (χ0v) is 12.3. The molecule has 0 amide bonds. The molecule has 20 heavy (non-hydrogen) atoms. The van der Waals surface area contributed by atoms with Crippen LogP contribution >= 0.6 is 11.6 Å². The second-order valence-corrected chi connectivity index (χ2v) is 7.55. The van der Waals surface area contributed by atoms with E-state index in [1.165, 1.54) is 24.8 Å². The molecule has 0 spiro atoms. The van der Waals surface area contributed by atoms with Crippen molar-refractivity contribution in [1.82, 2.24) is 5.32 Å². The quantitative estimate of drug-likeness (QED) is 0.922. The molecule has 106 valence electrons. The van der Waals surface area contributed by atoms with Crippen LogP contribution in [0, 0.1) is 23.7 Å². The summed E-state index contributed by atoms with van der Waals surface area (Å²) in [6.45, 7) is 0.989. The first kappa shape index (κ1) is 11.9. The summed E-state index contributed by atoms with van der Waals surface area (Å²) in [4.78, 5) is 0. The molecule has 2 bridgehead atoms. The minimum Gasteiger partial charge on any atom is -0.488 e. The SMILES string of the molecule is Clc1ccc2c(c1)CC(CNC1C3C4CCC(C4)C13)O2. The smallest absolute Gasteiger partial charge is 0.123 e. The molecule has 1 aliphatic heterocycles. The van der Waals surface area contributed by atoms with Crippen molar-refractivity contribution in [3.05, 3.63) is 28.8 Å². The summed E-state index contributed by atoms with van der Waals surface area (Å²) < 4.78 is 6.01. The van der Waals surface area contributed by atoms with Gasteiger partial charge < -0.3 is 10.1 Å². The molecule has 3 saturated carbocycles. The number of fused-ring (bicyclic) bond motifs is 6. The normalized spacial score (nSPS) is 43.2. The first-order valence-electron chi connectivity index (χ1n) is 7.98. The van der Waals surface area contributed by atoms with Crippen LogP contribution in [0.25, 0.3) is 0 Å². The molecule has 5 rings (SSSR count). The maximum absolute atomic E-state index is 6.04. The van der Waals surface area contributed by atoms with E-state index in [2.05, 4.69) is 5.32 Å². The third kappa shape index (κ3) is 1.67. The van der Waals surface area contributed by atoms with Crippen molar-refractivity contribution in [2.75, 3.05) is 6.54 Å². The Hall–Kier alpha value is -0.730. The predicted octanol–water partition coefficient (Wildman–Crippen LogP) is 3.28. The fourth-order valence-electron chi connectivity index (χ4n) is 5.27. The van der Waals surface area contributed by atoms with Crippen molar-refractivity contribution in [3.63, 3.8) is 0 Å². The van der Waals surface area contributed by atoms with Gasteiger partial charge in [0.05, 0.1) is 0 Å². The zero-order chi connectivity index (χ0) is 13.3. The highest BCUT2D eigenvalue weighted by Gasteiger charge is 2.64. The van der Waals surface area contributed by atoms with Gasteiger partial charge in [0.1, 0.15) is 11.9 Å². The van der Waals surface area contributed by atoms with Gasteiger partial charge in [-0.25, -0.2) is 0 Å². The molecular formula is C17H20ClNO. The average molecular weight is 290 g/mol. The Morgan fingerprint density at radius 1 is 1.20 bits per heavy atom. The van der Waals surface area contributed by atoms with Crippen molar-refractivity contribution in [2.24, 2.45) is 23.7 Å². The number of hydrogen-bond acceptors (Lipinski definition) is 2. The Kier molecular flexibility index (Phi) is 2.46. The van der Waals surface area contributed by atoms with Gasteiger partial charge in [-0.3, -0.25) is 0 Å². The molecule has 3 heteroatoms. The highest BCUT2D eigenvalue weighted by atomic mass is 35.5. The predicted molar refractivity (Wildman–Crippen MR) is 79.2 cm³/mol. The molecule has 2 nitrogen and oxygen atoms in total. The molecule has 1 aromatic carbocycles. The molecule has 5 atom stereocenters. The zero-order valence-electron chi connectivity index (χ0n) is 11.5. The summed E-state index contributed by atoms with van der Waals surface area (Å²) >= 11 is 6.04. The standard InChI is InChI=1S/C17H20ClNO/c18-12-3-4-14-11(6-12)7-13(20-14)8-19-17-15-9-1-2-10(5-9)16(15)17/h3-4,6,9-10,13,15-17,19H,1-2,5,7-8H2. The fourth-order valence-corrected chi connectivity index (χ4v) is 5.46. The molecule has 4 aliphatic rings. The van der Waals surface area contributed by atoms with Crippen molar-refractivity contribution < 1.29 is 4.74 Å². The van der Waals surface area contributed by atoms with Gasteiger partial charge in [-0.1, -0.05) is 11.6 Å². The Morgan fingerprint density at radius 3 is 2.80 bits per heavy atom. The number of ether oxygens (including phenoxy) is 1. The van der Waals surface area contributed by atoms with Crippen LogP contribution in [0.4, 0.5) is 0 Å². The molecule has 0 aromatic heterocycles. The molecular weight excluding hydrogens is 270 g/mol. The van der Waals surface area contributed by atoms with Crippen molar-refractivity contribution >= 4 is 11.6 Å². The second kappa shape index (κ2) is 4.14. The summed E-state index contributed by atoms with van der Waals surface area (Å²) in [6.07, 6.45) is 5.80. The van der Waals surface area contributed by atoms with Gasteiger partial charge in [-0.2, -0.15) is 0 Å². The maximum atomic E-state index is 6.04. The van der Waals surface area contributed by atoms with E-state index in [1.807, 2.05) is 18.2 Å². The monoisotopic (exact) mass is 289 g/mol. The van der Waals surface area contributed by atoms with Crippen molar-refractivity contribution in [2.45, 2.75) is 37.8 Å². The van der Waals surface area contributed by atoms with Crippen molar-refractivity contribution in [3.8, 4) is 5.75 Å². The Balaban J connectivity index is 1.19. The Morgan fingerprint density at radius 2 is 2.00 bits per heavy atom. The van der Waals surface area contributed by atoms with E-state index in [9.17, 15) is 0 Å². The first-order valence-corrected chi connectivity index (χ1v) is 8.36. The minimum absolute atomic E-state index is 0.294. The highest BCUT2D eigenvalue weighted by Crippen LogP contribution is 2.65. The van der Waals surface area contributed by atoms with Gasteiger partial charge >= 0.3 is 0 Å². The fraction of sp³-hybridized carbons (Fsp3) is 0.647. The van der Waals surface area contributed by atoms with Crippen LogP contribution < -0.4 is 10.1 Å². The lowest BCUT2D eigenvalue weighted by Crippen LogP contribution is -2.34. The summed E-state index contributed by atoms with van der Waals surface area (Å²) in [6, 6.07) is 6.77. The van der Waals surface area contributed by atoms with Gasteiger partial charge in [0, 0.05) is 24.0 Å². The Bertz CT molecular complexity index is 544. The van der Waals surface area contributed by atoms with E-state index in [-0.39, 0.29) is 0 Å². The van der Waals surface area contributed by atoms with Crippen LogP contribution in [0.15, 0.2) is 18.2 Å². The van der Waals surface area contributed by atoms with E-state index in [0.717, 1.165) is 53.5 Å². The third-order valence-electron chi connectivity index (χ3n) is 6.08.